The number of aromatic nitrogens is 2. The van der Waals surface area contributed by atoms with Gasteiger partial charge in [0.15, 0.2) is 0 Å². The minimum atomic E-state index is -0.875. The maximum atomic E-state index is 9.83. The van der Waals surface area contributed by atoms with Gasteiger partial charge in [-0.1, -0.05) is 25.0 Å². The first-order valence-electron chi connectivity index (χ1n) is 9.18. The summed E-state index contributed by atoms with van der Waals surface area (Å²) in [5, 5.41) is 23.5. The molecule has 2 heterocycles. The molecule has 5 heteroatoms. The third-order valence-corrected chi connectivity index (χ3v) is 5.69. The fourth-order valence-corrected chi connectivity index (χ4v) is 4.19. The Hall–Kier alpha value is -1.17. The number of aliphatic hydroxyl groups is 2. The molecule has 0 saturated carbocycles. The van der Waals surface area contributed by atoms with Crippen molar-refractivity contribution in [1.29, 1.82) is 0 Å². The predicted molar refractivity (Wildman–Crippen MR) is 94.5 cm³/mol. The van der Waals surface area contributed by atoms with Crippen LogP contribution in [0.25, 0.3) is 0 Å². The molecule has 1 aliphatic carbocycles. The van der Waals surface area contributed by atoms with Crippen LogP contribution in [0, 0.1) is 5.41 Å². The molecule has 2 N–H and O–H groups in total. The van der Waals surface area contributed by atoms with E-state index in [2.05, 4.69) is 30.8 Å². The maximum Gasteiger partial charge on any atom is 0.121 e. The molecule has 0 fully saturated rings. The summed E-state index contributed by atoms with van der Waals surface area (Å²) in [5.74, 6) is 0. The number of hydrogen-bond donors (Lipinski definition) is 2. The molecule has 0 amide bonds. The first-order chi connectivity index (χ1) is 11.4. The molecule has 0 bridgehead atoms. The third kappa shape index (κ3) is 3.58. The zero-order valence-electron chi connectivity index (χ0n) is 15.3. The fourth-order valence-electron chi connectivity index (χ4n) is 4.19. The molecule has 0 aromatic carbocycles. The maximum absolute atomic E-state index is 9.83. The molecule has 1 aliphatic heterocycles. The highest BCUT2D eigenvalue weighted by Crippen LogP contribution is 2.40. The van der Waals surface area contributed by atoms with Gasteiger partial charge in [0, 0.05) is 26.2 Å². The molecule has 0 spiro atoms. The van der Waals surface area contributed by atoms with Gasteiger partial charge >= 0.3 is 0 Å². The van der Waals surface area contributed by atoms with Gasteiger partial charge in [-0.3, -0.25) is 9.58 Å². The molecule has 1 aromatic heterocycles. The Morgan fingerprint density at radius 1 is 1.29 bits per heavy atom. The standard InChI is InChI=1S/C19H31N3O2/c1-14-6-4-7-19(2,3)16(14)12-21-8-5-9-22-15(11-21)10-17(20-22)18(24)13-23/h10,18,23-24H,4-9,11-13H2,1-3H3/t18-/m1/s1. The van der Waals surface area contributed by atoms with Gasteiger partial charge in [-0.15, -0.1) is 0 Å². The SMILES string of the molecule is CC1=C(CN2CCCn3nc([C@H](O)CO)cc3C2)C(C)(C)CCC1. The lowest BCUT2D eigenvalue weighted by molar-refractivity contribution is 0.0916. The second-order valence-electron chi connectivity index (χ2n) is 8.04. The van der Waals surface area contributed by atoms with Gasteiger partial charge in [0.1, 0.15) is 6.10 Å². The molecule has 2 aliphatic rings. The lowest BCUT2D eigenvalue weighted by Gasteiger charge is -2.37. The van der Waals surface area contributed by atoms with E-state index >= 15 is 0 Å². The van der Waals surface area contributed by atoms with Crippen LogP contribution in [0.5, 0.6) is 0 Å². The fraction of sp³-hybridized carbons (Fsp3) is 0.737. The van der Waals surface area contributed by atoms with E-state index in [1.54, 1.807) is 11.1 Å². The smallest absolute Gasteiger partial charge is 0.121 e. The number of nitrogens with zero attached hydrogens (tertiary/aromatic N) is 3. The molecule has 0 radical (unpaired) electrons. The summed E-state index contributed by atoms with van der Waals surface area (Å²) in [6.45, 7) is 10.6. The van der Waals surface area contributed by atoms with Crippen LogP contribution in [0.15, 0.2) is 17.2 Å². The van der Waals surface area contributed by atoms with Crippen LogP contribution in [0.1, 0.15) is 63.9 Å². The molecule has 5 nitrogen and oxygen atoms in total. The predicted octanol–water partition coefficient (Wildman–Crippen LogP) is 2.64. The Kier molecular flexibility index (Phi) is 5.13. The van der Waals surface area contributed by atoms with E-state index in [0.717, 1.165) is 38.3 Å². The third-order valence-electron chi connectivity index (χ3n) is 5.69. The van der Waals surface area contributed by atoms with Crippen LogP contribution >= 0.6 is 0 Å². The number of hydrogen-bond acceptors (Lipinski definition) is 4. The van der Waals surface area contributed by atoms with Crippen molar-refractivity contribution in [3.05, 3.63) is 28.6 Å². The average molecular weight is 333 g/mol. The second kappa shape index (κ2) is 6.98. The summed E-state index contributed by atoms with van der Waals surface area (Å²) in [6.07, 6.45) is 4.00. The molecular formula is C19H31N3O2. The molecule has 1 aromatic rings. The largest absolute Gasteiger partial charge is 0.393 e. The zero-order valence-corrected chi connectivity index (χ0v) is 15.3. The molecule has 24 heavy (non-hydrogen) atoms. The van der Waals surface area contributed by atoms with E-state index in [9.17, 15) is 5.11 Å². The molecule has 3 rings (SSSR count). The van der Waals surface area contributed by atoms with Gasteiger partial charge in [-0.2, -0.15) is 5.10 Å². The molecule has 0 unspecified atom stereocenters. The Morgan fingerprint density at radius 2 is 2.08 bits per heavy atom. The van der Waals surface area contributed by atoms with E-state index in [1.807, 2.05) is 10.7 Å². The lowest BCUT2D eigenvalue weighted by Crippen LogP contribution is -2.32. The highest BCUT2D eigenvalue weighted by molar-refractivity contribution is 5.24. The minimum Gasteiger partial charge on any atom is -0.393 e. The van der Waals surface area contributed by atoms with Crippen molar-refractivity contribution in [3.63, 3.8) is 0 Å². The van der Waals surface area contributed by atoms with Crippen LogP contribution in [-0.2, 0) is 13.1 Å². The summed E-state index contributed by atoms with van der Waals surface area (Å²) in [6, 6.07) is 1.95. The Bertz CT molecular complexity index is 618. The summed E-state index contributed by atoms with van der Waals surface area (Å²) >= 11 is 0. The van der Waals surface area contributed by atoms with Gasteiger partial charge in [0.25, 0.3) is 0 Å². The first-order valence-corrected chi connectivity index (χ1v) is 9.18. The van der Waals surface area contributed by atoms with E-state index in [0.29, 0.717) is 11.1 Å². The van der Waals surface area contributed by atoms with Gasteiger partial charge in [0.05, 0.1) is 18.0 Å². The zero-order chi connectivity index (χ0) is 17.3. The van der Waals surface area contributed by atoms with Gasteiger partial charge in [-0.05, 0) is 44.1 Å². The Morgan fingerprint density at radius 3 is 2.79 bits per heavy atom. The number of rotatable bonds is 4. The summed E-state index contributed by atoms with van der Waals surface area (Å²) in [4.78, 5) is 2.52. The molecule has 134 valence electrons. The minimum absolute atomic E-state index is 0.277. The second-order valence-corrected chi connectivity index (χ2v) is 8.04. The lowest BCUT2D eigenvalue weighted by atomic mass is 9.72. The number of allylic oxidation sites excluding steroid dienone is 1. The van der Waals surface area contributed by atoms with Crippen molar-refractivity contribution in [1.82, 2.24) is 14.7 Å². The Labute approximate surface area is 145 Å². The van der Waals surface area contributed by atoms with Crippen LogP contribution in [0.2, 0.25) is 0 Å². The van der Waals surface area contributed by atoms with Crippen molar-refractivity contribution in [2.45, 2.75) is 65.6 Å². The normalized spacial score (nSPS) is 23.0. The number of fused-ring (bicyclic) bond motifs is 1. The van der Waals surface area contributed by atoms with E-state index in [-0.39, 0.29) is 6.61 Å². The van der Waals surface area contributed by atoms with Crippen LogP contribution in [0.3, 0.4) is 0 Å². The highest BCUT2D eigenvalue weighted by Gasteiger charge is 2.30. The van der Waals surface area contributed by atoms with Gasteiger partial charge in [-0.25, -0.2) is 0 Å². The van der Waals surface area contributed by atoms with Crippen LogP contribution < -0.4 is 0 Å². The van der Waals surface area contributed by atoms with E-state index < -0.39 is 6.10 Å². The van der Waals surface area contributed by atoms with Gasteiger partial charge < -0.3 is 10.2 Å². The Balaban J connectivity index is 1.77. The van der Waals surface area contributed by atoms with Crippen LogP contribution in [0.4, 0.5) is 0 Å². The summed E-state index contributed by atoms with van der Waals surface area (Å²) < 4.78 is 2.00. The number of aliphatic hydroxyl groups excluding tert-OH is 2. The molecule has 0 saturated heterocycles. The molecular weight excluding hydrogens is 302 g/mol. The van der Waals surface area contributed by atoms with Crippen molar-refractivity contribution < 1.29 is 10.2 Å². The average Bonchev–Trinajstić information content (AvgIpc) is 2.83. The topological polar surface area (TPSA) is 61.5 Å². The van der Waals surface area contributed by atoms with Gasteiger partial charge in [0.2, 0.25) is 0 Å². The highest BCUT2D eigenvalue weighted by atomic mass is 16.3. The summed E-state index contributed by atoms with van der Waals surface area (Å²) in [7, 11) is 0. The van der Waals surface area contributed by atoms with E-state index in [4.69, 9.17) is 5.11 Å². The van der Waals surface area contributed by atoms with Crippen molar-refractivity contribution >= 4 is 0 Å². The summed E-state index contributed by atoms with van der Waals surface area (Å²) in [5.41, 5.74) is 5.20. The molecule has 1 atom stereocenters. The quantitative estimate of drug-likeness (QED) is 0.832. The number of aryl methyl sites for hydroxylation is 1. The van der Waals surface area contributed by atoms with Crippen LogP contribution in [-0.4, -0.2) is 44.6 Å². The first kappa shape index (κ1) is 17.6. The van der Waals surface area contributed by atoms with E-state index in [1.165, 1.54) is 19.3 Å². The van der Waals surface area contributed by atoms with Crippen molar-refractivity contribution in [2.24, 2.45) is 5.41 Å². The van der Waals surface area contributed by atoms with Crippen molar-refractivity contribution in [2.75, 3.05) is 19.7 Å². The van der Waals surface area contributed by atoms with Crippen molar-refractivity contribution in [3.8, 4) is 0 Å². The monoisotopic (exact) mass is 333 g/mol.